The maximum atomic E-state index is 12.5. The monoisotopic (exact) mass is 316 g/mol. The van der Waals surface area contributed by atoms with Crippen LogP contribution < -0.4 is 14.8 Å². The minimum atomic E-state index is -0.513. The van der Waals surface area contributed by atoms with E-state index in [0.29, 0.717) is 22.7 Å². The van der Waals surface area contributed by atoms with E-state index in [1.165, 1.54) is 26.4 Å². The number of aryl methyl sites for hydroxylation is 1. The van der Waals surface area contributed by atoms with E-state index in [0.717, 1.165) is 0 Å². The van der Waals surface area contributed by atoms with Crippen LogP contribution >= 0.6 is 0 Å². The van der Waals surface area contributed by atoms with Gasteiger partial charge in [-0.05, 0) is 30.7 Å². The summed E-state index contributed by atoms with van der Waals surface area (Å²) in [6.45, 7) is 1.75. The zero-order chi connectivity index (χ0) is 17.0. The quantitative estimate of drug-likeness (QED) is 0.676. The largest absolute Gasteiger partial charge is 0.497 e. The topological polar surface area (TPSA) is 90.7 Å². The number of nitro benzene ring substituents is 1. The van der Waals surface area contributed by atoms with Gasteiger partial charge in [0.1, 0.15) is 11.5 Å². The Kier molecular flexibility index (Phi) is 4.80. The average molecular weight is 316 g/mol. The van der Waals surface area contributed by atoms with Crippen molar-refractivity contribution < 1.29 is 19.2 Å². The van der Waals surface area contributed by atoms with Crippen LogP contribution in [0.15, 0.2) is 36.4 Å². The Labute approximate surface area is 133 Å². The van der Waals surface area contributed by atoms with Gasteiger partial charge in [0.25, 0.3) is 11.6 Å². The van der Waals surface area contributed by atoms with Crippen LogP contribution in [0.25, 0.3) is 0 Å². The third-order valence-electron chi connectivity index (χ3n) is 3.33. The molecule has 2 rings (SSSR count). The number of methoxy groups -OCH3 is 2. The van der Waals surface area contributed by atoms with Crippen LogP contribution in [0, 0.1) is 17.0 Å². The molecule has 0 aromatic heterocycles. The Morgan fingerprint density at radius 3 is 2.48 bits per heavy atom. The molecule has 1 N–H and O–H groups in total. The van der Waals surface area contributed by atoms with Crippen LogP contribution in [-0.4, -0.2) is 25.1 Å². The first-order chi connectivity index (χ1) is 11.0. The minimum absolute atomic E-state index is 0.0940. The smallest absolute Gasteiger partial charge is 0.271 e. The normalized spacial score (nSPS) is 10.0. The summed E-state index contributed by atoms with van der Waals surface area (Å²) in [5, 5.41) is 13.5. The van der Waals surface area contributed by atoms with Crippen LogP contribution in [0.1, 0.15) is 15.9 Å². The molecule has 0 saturated carbocycles. The second kappa shape index (κ2) is 6.78. The molecule has 0 aliphatic carbocycles. The molecule has 0 aliphatic heterocycles. The molecule has 2 aromatic carbocycles. The van der Waals surface area contributed by atoms with Crippen LogP contribution in [0.2, 0.25) is 0 Å². The molecule has 0 heterocycles. The van der Waals surface area contributed by atoms with Crippen molar-refractivity contribution in [2.75, 3.05) is 19.5 Å². The second-order valence-corrected chi connectivity index (χ2v) is 4.78. The molecule has 0 bridgehead atoms. The highest BCUT2D eigenvalue weighted by atomic mass is 16.6. The van der Waals surface area contributed by atoms with Gasteiger partial charge in [0.15, 0.2) is 0 Å². The van der Waals surface area contributed by atoms with Crippen molar-refractivity contribution in [3.8, 4) is 11.5 Å². The van der Waals surface area contributed by atoms with E-state index in [-0.39, 0.29) is 11.3 Å². The number of benzene rings is 2. The van der Waals surface area contributed by atoms with Crippen molar-refractivity contribution >= 4 is 17.3 Å². The standard InChI is InChI=1S/C16H16N2O5/c1-10-4-5-11(18(20)21)8-14(10)17-16(19)13-9-12(22-2)6-7-15(13)23-3/h4-9H,1-3H3,(H,17,19). The van der Waals surface area contributed by atoms with Gasteiger partial charge in [-0.25, -0.2) is 0 Å². The zero-order valence-electron chi connectivity index (χ0n) is 13.0. The first kappa shape index (κ1) is 16.3. The van der Waals surface area contributed by atoms with Gasteiger partial charge in [-0.15, -0.1) is 0 Å². The van der Waals surface area contributed by atoms with Crippen molar-refractivity contribution in [2.45, 2.75) is 6.92 Å². The number of carbonyl (C=O) groups is 1. The Balaban J connectivity index is 2.36. The number of anilines is 1. The van der Waals surface area contributed by atoms with E-state index in [1.807, 2.05) is 0 Å². The third kappa shape index (κ3) is 3.57. The van der Waals surface area contributed by atoms with Crippen molar-refractivity contribution in [1.29, 1.82) is 0 Å². The van der Waals surface area contributed by atoms with E-state index in [9.17, 15) is 14.9 Å². The fourth-order valence-electron chi connectivity index (χ4n) is 2.04. The van der Waals surface area contributed by atoms with Crippen LogP contribution in [-0.2, 0) is 0 Å². The Morgan fingerprint density at radius 1 is 1.13 bits per heavy atom. The van der Waals surface area contributed by atoms with Gasteiger partial charge < -0.3 is 14.8 Å². The van der Waals surface area contributed by atoms with E-state index in [2.05, 4.69) is 5.32 Å². The molecule has 0 atom stereocenters. The van der Waals surface area contributed by atoms with E-state index < -0.39 is 10.8 Å². The lowest BCUT2D eigenvalue weighted by molar-refractivity contribution is -0.384. The van der Waals surface area contributed by atoms with E-state index >= 15 is 0 Å². The molecule has 120 valence electrons. The first-order valence-corrected chi connectivity index (χ1v) is 6.74. The van der Waals surface area contributed by atoms with Gasteiger partial charge in [-0.2, -0.15) is 0 Å². The molecule has 0 fully saturated rings. The number of hydrogen-bond acceptors (Lipinski definition) is 5. The number of ether oxygens (including phenoxy) is 2. The summed E-state index contributed by atoms with van der Waals surface area (Å²) in [7, 11) is 2.95. The molecule has 7 heteroatoms. The summed E-state index contributed by atoms with van der Waals surface area (Å²) in [6.07, 6.45) is 0. The van der Waals surface area contributed by atoms with Crippen LogP contribution in [0.3, 0.4) is 0 Å². The number of nitrogens with one attached hydrogen (secondary N) is 1. The molecular weight excluding hydrogens is 300 g/mol. The zero-order valence-corrected chi connectivity index (χ0v) is 13.0. The Morgan fingerprint density at radius 2 is 1.87 bits per heavy atom. The maximum absolute atomic E-state index is 12.5. The molecule has 0 aliphatic rings. The lowest BCUT2D eigenvalue weighted by Gasteiger charge is -2.12. The lowest BCUT2D eigenvalue weighted by Crippen LogP contribution is -2.14. The van der Waals surface area contributed by atoms with Crippen molar-refractivity contribution in [1.82, 2.24) is 0 Å². The summed E-state index contributed by atoms with van der Waals surface area (Å²) in [6, 6.07) is 9.12. The fourth-order valence-corrected chi connectivity index (χ4v) is 2.04. The second-order valence-electron chi connectivity index (χ2n) is 4.78. The van der Waals surface area contributed by atoms with Crippen LogP contribution in [0.5, 0.6) is 11.5 Å². The maximum Gasteiger partial charge on any atom is 0.271 e. The summed E-state index contributed by atoms with van der Waals surface area (Å²) >= 11 is 0. The SMILES string of the molecule is COc1ccc(OC)c(C(=O)Nc2cc([N+](=O)[O-])ccc2C)c1. The van der Waals surface area contributed by atoms with Crippen molar-refractivity contribution in [3.05, 3.63) is 57.6 Å². The summed E-state index contributed by atoms with van der Waals surface area (Å²) < 4.78 is 10.3. The van der Waals surface area contributed by atoms with Gasteiger partial charge in [0.05, 0.1) is 30.4 Å². The Bertz CT molecular complexity index is 758. The highest BCUT2D eigenvalue weighted by Crippen LogP contribution is 2.27. The predicted octanol–water partition coefficient (Wildman–Crippen LogP) is 3.17. The molecule has 7 nitrogen and oxygen atoms in total. The highest BCUT2D eigenvalue weighted by molar-refractivity contribution is 6.07. The molecular formula is C16H16N2O5. The minimum Gasteiger partial charge on any atom is -0.497 e. The highest BCUT2D eigenvalue weighted by Gasteiger charge is 2.16. The van der Waals surface area contributed by atoms with Gasteiger partial charge in [-0.3, -0.25) is 14.9 Å². The van der Waals surface area contributed by atoms with E-state index in [1.54, 1.807) is 31.2 Å². The molecule has 23 heavy (non-hydrogen) atoms. The molecule has 0 spiro atoms. The number of nitro groups is 1. The fraction of sp³-hybridized carbons (Fsp3) is 0.188. The number of non-ortho nitro benzene ring substituents is 1. The average Bonchev–Trinajstić information content (AvgIpc) is 2.55. The van der Waals surface area contributed by atoms with Gasteiger partial charge in [0.2, 0.25) is 0 Å². The Hall–Kier alpha value is -3.09. The number of nitrogens with zero attached hydrogens (tertiary/aromatic N) is 1. The molecule has 2 aromatic rings. The molecule has 1 amide bonds. The van der Waals surface area contributed by atoms with E-state index in [4.69, 9.17) is 9.47 Å². The van der Waals surface area contributed by atoms with Gasteiger partial charge in [-0.1, -0.05) is 6.07 Å². The summed E-state index contributed by atoms with van der Waals surface area (Å²) in [5.74, 6) is 0.447. The number of amides is 1. The number of carbonyl (C=O) groups excluding carboxylic acids is 1. The summed E-state index contributed by atoms with van der Waals surface area (Å²) in [5.41, 5.74) is 1.26. The molecule has 0 saturated heterocycles. The van der Waals surface area contributed by atoms with Crippen molar-refractivity contribution in [2.24, 2.45) is 0 Å². The third-order valence-corrected chi connectivity index (χ3v) is 3.33. The van der Waals surface area contributed by atoms with Gasteiger partial charge >= 0.3 is 0 Å². The van der Waals surface area contributed by atoms with Gasteiger partial charge in [0, 0.05) is 12.1 Å². The first-order valence-electron chi connectivity index (χ1n) is 6.74. The number of rotatable bonds is 5. The van der Waals surface area contributed by atoms with Crippen LogP contribution in [0.4, 0.5) is 11.4 Å². The summed E-state index contributed by atoms with van der Waals surface area (Å²) in [4.78, 5) is 22.8. The molecule has 0 unspecified atom stereocenters. The lowest BCUT2D eigenvalue weighted by atomic mass is 10.1. The number of hydrogen-bond donors (Lipinski definition) is 1. The molecule has 0 radical (unpaired) electrons. The predicted molar refractivity (Wildman–Crippen MR) is 85.3 cm³/mol. The van der Waals surface area contributed by atoms with Crippen molar-refractivity contribution in [3.63, 3.8) is 0 Å².